The molecule has 4 rings (SSSR count). The van der Waals surface area contributed by atoms with Crippen molar-refractivity contribution in [1.29, 1.82) is 0 Å². The van der Waals surface area contributed by atoms with Crippen molar-refractivity contribution < 1.29 is 9.90 Å². The lowest BCUT2D eigenvalue weighted by Gasteiger charge is -2.36. The fourth-order valence-corrected chi connectivity index (χ4v) is 5.22. The van der Waals surface area contributed by atoms with Gasteiger partial charge in [0.15, 0.2) is 0 Å². The van der Waals surface area contributed by atoms with Crippen LogP contribution in [-0.4, -0.2) is 60.3 Å². The van der Waals surface area contributed by atoms with Gasteiger partial charge in [-0.3, -0.25) is 4.79 Å². The van der Waals surface area contributed by atoms with Gasteiger partial charge in [-0.1, -0.05) is 25.7 Å². The fraction of sp³-hybridized carbons (Fsp3) is 0.708. The van der Waals surface area contributed by atoms with Crippen LogP contribution in [0.25, 0.3) is 0 Å². The van der Waals surface area contributed by atoms with Gasteiger partial charge in [0.2, 0.25) is 0 Å². The number of hydrogen-bond acceptors (Lipinski definition) is 4. The van der Waals surface area contributed by atoms with Gasteiger partial charge in [-0.15, -0.1) is 0 Å². The molecule has 2 heterocycles. The summed E-state index contributed by atoms with van der Waals surface area (Å²) in [7, 11) is 0. The molecule has 0 aromatic heterocycles. The van der Waals surface area contributed by atoms with Crippen LogP contribution in [0.2, 0.25) is 0 Å². The van der Waals surface area contributed by atoms with Crippen LogP contribution in [0.1, 0.15) is 74.6 Å². The Balaban J connectivity index is 1.27. The molecule has 1 atom stereocenters. The van der Waals surface area contributed by atoms with E-state index in [2.05, 4.69) is 22.3 Å². The van der Waals surface area contributed by atoms with Crippen molar-refractivity contribution in [2.75, 3.05) is 31.1 Å². The van der Waals surface area contributed by atoms with E-state index in [0.717, 1.165) is 44.1 Å². The first-order chi connectivity index (χ1) is 14.2. The van der Waals surface area contributed by atoms with Crippen molar-refractivity contribution in [3.8, 4) is 0 Å². The molecule has 1 unspecified atom stereocenters. The van der Waals surface area contributed by atoms with Gasteiger partial charge in [-0.05, 0) is 62.8 Å². The van der Waals surface area contributed by atoms with Gasteiger partial charge in [0.05, 0.1) is 6.10 Å². The Labute approximate surface area is 175 Å². The Morgan fingerprint density at radius 3 is 2.14 bits per heavy atom. The molecule has 1 saturated carbocycles. The number of nitrogens with zero attached hydrogens (tertiary/aromatic N) is 2. The van der Waals surface area contributed by atoms with Gasteiger partial charge in [0.25, 0.3) is 5.91 Å². The number of aliphatic hydroxyl groups excluding tert-OH is 1. The highest BCUT2D eigenvalue weighted by Crippen LogP contribution is 2.24. The number of amides is 1. The minimum atomic E-state index is -0.375. The topological polar surface area (TPSA) is 55.8 Å². The van der Waals surface area contributed by atoms with E-state index < -0.39 is 0 Å². The van der Waals surface area contributed by atoms with Crippen LogP contribution < -0.4 is 10.2 Å². The minimum Gasteiger partial charge on any atom is -0.391 e. The second-order valence-electron chi connectivity index (χ2n) is 9.21. The highest BCUT2D eigenvalue weighted by atomic mass is 16.3. The summed E-state index contributed by atoms with van der Waals surface area (Å²) < 4.78 is 0. The average Bonchev–Trinajstić information content (AvgIpc) is 3.03. The monoisotopic (exact) mass is 399 g/mol. The Hall–Kier alpha value is -1.59. The first-order valence-corrected chi connectivity index (χ1v) is 11.8. The van der Waals surface area contributed by atoms with E-state index in [1.165, 1.54) is 57.1 Å². The third-order valence-electron chi connectivity index (χ3n) is 6.98. The molecule has 0 bridgehead atoms. The van der Waals surface area contributed by atoms with Crippen LogP contribution in [-0.2, 0) is 0 Å². The Morgan fingerprint density at radius 2 is 1.48 bits per heavy atom. The normalized spacial score (nSPS) is 25.1. The standard InChI is InChI=1S/C24H37N3O2/c28-23-8-5-15-27(18-23)24(29)19-9-11-22(12-10-19)26-16-13-21(14-17-26)25-20-6-3-1-2-4-7-20/h9-12,20-21,23,25,28H,1-8,13-18H2. The van der Waals surface area contributed by atoms with E-state index in [0.29, 0.717) is 12.6 Å². The van der Waals surface area contributed by atoms with Crippen LogP contribution >= 0.6 is 0 Å². The van der Waals surface area contributed by atoms with Crippen molar-refractivity contribution in [2.24, 2.45) is 0 Å². The molecule has 5 nitrogen and oxygen atoms in total. The maximum Gasteiger partial charge on any atom is 0.253 e. The number of carbonyl (C=O) groups excluding carboxylic acids is 1. The highest BCUT2D eigenvalue weighted by Gasteiger charge is 2.25. The number of nitrogens with one attached hydrogen (secondary N) is 1. The second-order valence-corrected chi connectivity index (χ2v) is 9.21. The number of anilines is 1. The second kappa shape index (κ2) is 9.94. The maximum absolute atomic E-state index is 12.7. The van der Waals surface area contributed by atoms with Crippen LogP contribution in [0.15, 0.2) is 24.3 Å². The summed E-state index contributed by atoms with van der Waals surface area (Å²) in [4.78, 5) is 16.9. The number of likely N-dealkylation sites (tertiary alicyclic amines) is 1. The predicted molar refractivity (Wildman–Crippen MR) is 117 cm³/mol. The van der Waals surface area contributed by atoms with Crippen LogP contribution in [0, 0.1) is 0 Å². The summed E-state index contributed by atoms with van der Waals surface area (Å²) >= 11 is 0. The summed E-state index contributed by atoms with van der Waals surface area (Å²) in [5.74, 6) is 0.0432. The van der Waals surface area contributed by atoms with E-state index in [1.807, 2.05) is 12.1 Å². The van der Waals surface area contributed by atoms with E-state index in [1.54, 1.807) is 4.90 Å². The molecule has 160 valence electrons. The number of β-amino-alcohol motifs (C(OH)–C–C–N with tert-alkyl or cyclic N) is 1. The van der Waals surface area contributed by atoms with Gasteiger partial charge in [-0.2, -0.15) is 0 Å². The lowest BCUT2D eigenvalue weighted by Crippen LogP contribution is -2.46. The zero-order valence-electron chi connectivity index (χ0n) is 17.7. The predicted octanol–water partition coefficient (Wildman–Crippen LogP) is 3.56. The van der Waals surface area contributed by atoms with Crippen molar-refractivity contribution in [2.45, 2.75) is 82.4 Å². The van der Waals surface area contributed by atoms with Crippen molar-refractivity contribution in [3.05, 3.63) is 29.8 Å². The number of rotatable bonds is 4. The third-order valence-corrected chi connectivity index (χ3v) is 6.98. The molecule has 3 fully saturated rings. The zero-order chi connectivity index (χ0) is 20.1. The Bertz CT molecular complexity index is 647. The molecule has 3 aliphatic rings. The van der Waals surface area contributed by atoms with Gasteiger partial charge in [0, 0.05) is 49.5 Å². The molecule has 1 aliphatic carbocycles. The molecular weight excluding hydrogens is 362 g/mol. The summed E-state index contributed by atoms with van der Waals surface area (Å²) in [6.45, 7) is 3.37. The first kappa shape index (κ1) is 20.7. The number of aliphatic hydroxyl groups is 1. The van der Waals surface area contributed by atoms with Gasteiger partial charge < -0.3 is 20.2 Å². The van der Waals surface area contributed by atoms with Crippen molar-refractivity contribution in [3.63, 3.8) is 0 Å². The van der Waals surface area contributed by atoms with E-state index >= 15 is 0 Å². The van der Waals surface area contributed by atoms with E-state index in [9.17, 15) is 9.90 Å². The molecule has 2 aliphatic heterocycles. The summed E-state index contributed by atoms with van der Waals surface area (Å²) in [6, 6.07) is 9.47. The van der Waals surface area contributed by atoms with Gasteiger partial charge in [0.1, 0.15) is 0 Å². The third kappa shape index (κ3) is 5.52. The average molecular weight is 400 g/mol. The summed E-state index contributed by atoms with van der Waals surface area (Å²) in [6.07, 6.45) is 12.0. The maximum atomic E-state index is 12.7. The summed E-state index contributed by atoms with van der Waals surface area (Å²) in [5, 5.41) is 13.8. The number of piperidine rings is 2. The van der Waals surface area contributed by atoms with E-state index in [-0.39, 0.29) is 12.0 Å². The first-order valence-electron chi connectivity index (χ1n) is 11.8. The summed E-state index contributed by atoms with van der Waals surface area (Å²) in [5.41, 5.74) is 1.95. The molecule has 29 heavy (non-hydrogen) atoms. The van der Waals surface area contributed by atoms with Crippen LogP contribution in [0.3, 0.4) is 0 Å². The number of carbonyl (C=O) groups is 1. The quantitative estimate of drug-likeness (QED) is 0.760. The smallest absolute Gasteiger partial charge is 0.253 e. The lowest BCUT2D eigenvalue weighted by molar-refractivity contribution is 0.0474. The highest BCUT2D eigenvalue weighted by molar-refractivity contribution is 5.94. The molecule has 1 aromatic rings. The van der Waals surface area contributed by atoms with Crippen molar-refractivity contribution in [1.82, 2.24) is 10.2 Å². The zero-order valence-corrected chi connectivity index (χ0v) is 17.7. The fourth-order valence-electron chi connectivity index (χ4n) is 5.22. The molecule has 1 aromatic carbocycles. The molecular formula is C24H37N3O2. The SMILES string of the molecule is O=C(c1ccc(N2CCC(NC3CCCCCC3)CC2)cc1)N1CCCC(O)C1. The van der Waals surface area contributed by atoms with Gasteiger partial charge in [-0.25, -0.2) is 0 Å². The van der Waals surface area contributed by atoms with E-state index in [4.69, 9.17) is 0 Å². The van der Waals surface area contributed by atoms with Gasteiger partial charge >= 0.3 is 0 Å². The lowest BCUT2D eigenvalue weighted by atomic mass is 10.0. The molecule has 2 N–H and O–H groups in total. The Kier molecular flexibility index (Phi) is 7.09. The number of hydrogen-bond donors (Lipinski definition) is 2. The Morgan fingerprint density at radius 1 is 0.828 bits per heavy atom. The number of benzene rings is 1. The molecule has 1 amide bonds. The van der Waals surface area contributed by atoms with Crippen LogP contribution in [0.4, 0.5) is 5.69 Å². The van der Waals surface area contributed by atoms with Crippen molar-refractivity contribution >= 4 is 11.6 Å². The molecule has 0 spiro atoms. The molecule has 2 saturated heterocycles. The minimum absolute atomic E-state index is 0.0432. The molecule has 0 radical (unpaired) electrons. The molecule has 5 heteroatoms. The largest absolute Gasteiger partial charge is 0.391 e. The van der Waals surface area contributed by atoms with Crippen LogP contribution in [0.5, 0.6) is 0 Å².